The van der Waals surface area contributed by atoms with Crippen LogP contribution in [0.5, 0.6) is 5.75 Å². The van der Waals surface area contributed by atoms with Gasteiger partial charge in [-0.25, -0.2) is 4.39 Å². The van der Waals surface area contributed by atoms with Crippen LogP contribution in [0.2, 0.25) is 0 Å². The van der Waals surface area contributed by atoms with Crippen LogP contribution in [-0.2, 0) is 4.74 Å². The van der Waals surface area contributed by atoms with E-state index in [0.29, 0.717) is 5.75 Å². The van der Waals surface area contributed by atoms with Gasteiger partial charge in [-0.2, -0.15) is 0 Å². The first-order valence-corrected chi connectivity index (χ1v) is 4.29. The van der Waals surface area contributed by atoms with Crippen LogP contribution in [0.3, 0.4) is 0 Å². The van der Waals surface area contributed by atoms with Gasteiger partial charge >= 0.3 is 0 Å². The van der Waals surface area contributed by atoms with E-state index in [0.717, 1.165) is 6.61 Å². The molecule has 70 valence electrons. The normalized spacial score (nSPS) is 22.5. The highest BCUT2D eigenvalue weighted by molar-refractivity contribution is 5.22. The predicted octanol–water partition coefficient (Wildman–Crippen LogP) is 1.99. The molecule has 13 heavy (non-hydrogen) atoms. The highest BCUT2D eigenvalue weighted by atomic mass is 19.1. The van der Waals surface area contributed by atoms with Crippen LogP contribution < -0.4 is 4.74 Å². The van der Waals surface area contributed by atoms with Gasteiger partial charge in [-0.15, -0.1) is 0 Å². The van der Waals surface area contributed by atoms with Crippen LogP contribution in [0.1, 0.15) is 6.92 Å². The highest BCUT2D eigenvalue weighted by Crippen LogP contribution is 2.20. The average molecular weight is 182 g/mol. The van der Waals surface area contributed by atoms with E-state index >= 15 is 0 Å². The molecule has 0 N–H and O–H groups in total. The first-order valence-electron chi connectivity index (χ1n) is 4.29. The van der Waals surface area contributed by atoms with Gasteiger partial charge in [0.1, 0.15) is 23.8 Å². The third-order valence-electron chi connectivity index (χ3n) is 2.02. The molecular formula is C10H11FO2. The molecule has 3 heteroatoms. The van der Waals surface area contributed by atoms with Crippen molar-refractivity contribution in [3.63, 3.8) is 0 Å². The number of ether oxygens (including phenoxy) is 2. The Kier molecular flexibility index (Phi) is 2.19. The first-order chi connectivity index (χ1) is 6.25. The zero-order chi connectivity index (χ0) is 9.26. The molecule has 1 aromatic rings. The van der Waals surface area contributed by atoms with Crippen molar-refractivity contribution in [3.05, 3.63) is 30.1 Å². The summed E-state index contributed by atoms with van der Waals surface area (Å²) in [5, 5.41) is 0. The second-order valence-corrected chi connectivity index (χ2v) is 3.15. The van der Waals surface area contributed by atoms with Crippen molar-refractivity contribution in [2.75, 3.05) is 6.61 Å². The highest BCUT2D eigenvalue weighted by Gasteiger charge is 2.30. The van der Waals surface area contributed by atoms with Gasteiger partial charge in [0, 0.05) is 0 Å². The zero-order valence-electron chi connectivity index (χ0n) is 7.37. The van der Waals surface area contributed by atoms with E-state index in [1.807, 2.05) is 6.92 Å². The zero-order valence-corrected chi connectivity index (χ0v) is 7.37. The lowest BCUT2D eigenvalue weighted by atomic mass is 10.3. The third kappa shape index (κ3) is 2.18. The molecule has 0 spiro atoms. The molecular weight excluding hydrogens is 171 g/mol. The molecule has 0 saturated carbocycles. The van der Waals surface area contributed by atoms with Crippen molar-refractivity contribution in [3.8, 4) is 5.75 Å². The molecule has 1 saturated heterocycles. The maximum atomic E-state index is 12.5. The van der Waals surface area contributed by atoms with Crippen LogP contribution in [0.15, 0.2) is 24.3 Å². The first kappa shape index (κ1) is 8.51. The van der Waals surface area contributed by atoms with Crippen LogP contribution in [0, 0.1) is 5.82 Å². The van der Waals surface area contributed by atoms with Crippen molar-refractivity contribution in [1.29, 1.82) is 0 Å². The Morgan fingerprint density at radius 1 is 1.46 bits per heavy atom. The van der Waals surface area contributed by atoms with Gasteiger partial charge in [-0.05, 0) is 31.2 Å². The summed E-state index contributed by atoms with van der Waals surface area (Å²) in [6.07, 6.45) is 0.260. The molecule has 1 aromatic carbocycles. The summed E-state index contributed by atoms with van der Waals surface area (Å²) in [5.41, 5.74) is 0. The van der Waals surface area contributed by atoms with Crippen molar-refractivity contribution >= 4 is 0 Å². The monoisotopic (exact) mass is 182 g/mol. The number of hydrogen-bond donors (Lipinski definition) is 0. The van der Waals surface area contributed by atoms with Gasteiger partial charge in [-0.1, -0.05) is 0 Å². The Morgan fingerprint density at radius 3 is 2.62 bits per heavy atom. The van der Waals surface area contributed by atoms with Gasteiger partial charge < -0.3 is 9.47 Å². The number of hydrogen-bond acceptors (Lipinski definition) is 2. The van der Waals surface area contributed by atoms with Crippen molar-refractivity contribution < 1.29 is 13.9 Å². The molecule has 2 nitrogen and oxygen atoms in total. The fourth-order valence-electron chi connectivity index (χ4n) is 1.13. The largest absolute Gasteiger partial charge is 0.488 e. The fourth-order valence-corrected chi connectivity index (χ4v) is 1.13. The van der Waals surface area contributed by atoms with Crippen LogP contribution >= 0.6 is 0 Å². The van der Waals surface area contributed by atoms with E-state index in [4.69, 9.17) is 9.47 Å². The Labute approximate surface area is 76.3 Å². The molecule has 0 amide bonds. The van der Waals surface area contributed by atoms with Gasteiger partial charge in [0.25, 0.3) is 0 Å². The summed E-state index contributed by atoms with van der Waals surface area (Å²) in [5.74, 6) is 0.437. The SMILES string of the molecule is C[C@H](Oc1ccc(F)cc1)[C@@H]1CO1. The number of rotatable bonds is 3. The lowest BCUT2D eigenvalue weighted by Crippen LogP contribution is -2.18. The fraction of sp³-hybridized carbons (Fsp3) is 0.400. The molecule has 0 aliphatic carbocycles. The minimum Gasteiger partial charge on any atom is -0.488 e. The van der Waals surface area contributed by atoms with Gasteiger partial charge in [0.15, 0.2) is 0 Å². The van der Waals surface area contributed by atoms with Gasteiger partial charge in [-0.3, -0.25) is 0 Å². The summed E-state index contributed by atoms with van der Waals surface area (Å²) < 4.78 is 23.1. The van der Waals surface area contributed by atoms with Crippen LogP contribution in [0.4, 0.5) is 4.39 Å². The summed E-state index contributed by atoms with van der Waals surface area (Å²) in [6, 6.07) is 6.01. The minimum atomic E-state index is -0.248. The predicted molar refractivity (Wildman–Crippen MR) is 46.2 cm³/mol. The second kappa shape index (κ2) is 3.34. The maximum absolute atomic E-state index is 12.5. The number of epoxide rings is 1. The molecule has 1 aliphatic heterocycles. The smallest absolute Gasteiger partial charge is 0.124 e. The van der Waals surface area contributed by atoms with Gasteiger partial charge in [0.05, 0.1) is 6.61 Å². The Balaban J connectivity index is 1.96. The molecule has 2 rings (SSSR count). The average Bonchev–Trinajstić information content (AvgIpc) is 2.91. The molecule has 2 atom stereocenters. The molecule has 1 aliphatic rings. The van der Waals surface area contributed by atoms with E-state index in [1.54, 1.807) is 12.1 Å². The van der Waals surface area contributed by atoms with Crippen molar-refractivity contribution in [1.82, 2.24) is 0 Å². The summed E-state index contributed by atoms with van der Waals surface area (Å²) in [7, 11) is 0. The summed E-state index contributed by atoms with van der Waals surface area (Å²) in [4.78, 5) is 0. The van der Waals surface area contributed by atoms with E-state index in [9.17, 15) is 4.39 Å². The maximum Gasteiger partial charge on any atom is 0.124 e. The molecule has 1 heterocycles. The Hall–Kier alpha value is -1.09. The topological polar surface area (TPSA) is 21.8 Å². The second-order valence-electron chi connectivity index (χ2n) is 3.15. The van der Waals surface area contributed by atoms with Crippen molar-refractivity contribution in [2.45, 2.75) is 19.1 Å². The standard InChI is InChI=1S/C10H11FO2/c1-7(10-6-12-10)13-9-4-2-8(11)3-5-9/h2-5,7,10H,6H2,1H3/t7-,10-/m0/s1. The quantitative estimate of drug-likeness (QED) is 0.667. The Bertz CT molecular complexity index is 279. The van der Waals surface area contributed by atoms with Gasteiger partial charge in [0.2, 0.25) is 0 Å². The molecule has 0 aromatic heterocycles. The van der Waals surface area contributed by atoms with E-state index in [2.05, 4.69) is 0 Å². The van der Waals surface area contributed by atoms with E-state index < -0.39 is 0 Å². The summed E-state index contributed by atoms with van der Waals surface area (Å²) >= 11 is 0. The Morgan fingerprint density at radius 2 is 2.08 bits per heavy atom. The summed E-state index contributed by atoms with van der Waals surface area (Å²) in [6.45, 7) is 2.71. The third-order valence-corrected chi connectivity index (χ3v) is 2.02. The van der Waals surface area contributed by atoms with Crippen LogP contribution in [-0.4, -0.2) is 18.8 Å². The van der Waals surface area contributed by atoms with E-state index in [-0.39, 0.29) is 18.0 Å². The van der Waals surface area contributed by atoms with E-state index in [1.165, 1.54) is 12.1 Å². The molecule has 0 unspecified atom stereocenters. The van der Waals surface area contributed by atoms with Crippen molar-refractivity contribution in [2.24, 2.45) is 0 Å². The lowest BCUT2D eigenvalue weighted by Gasteiger charge is -2.11. The minimum absolute atomic E-state index is 0.0467. The lowest BCUT2D eigenvalue weighted by molar-refractivity contribution is 0.176. The molecule has 1 fully saturated rings. The molecule has 0 radical (unpaired) electrons. The number of halogens is 1. The number of benzene rings is 1. The molecule has 0 bridgehead atoms. The van der Waals surface area contributed by atoms with Crippen LogP contribution in [0.25, 0.3) is 0 Å².